The third kappa shape index (κ3) is 16.6. The first-order chi connectivity index (χ1) is 32.9. The summed E-state index contributed by atoms with van der Waals surface area (Å²) in [6.45, 7) is 28.1. The van der Waals surface area contributed by atoms with Crippen LogP contribution in [0.5, 0.6) is 23.0 Å². The zero-order valence-corrected chi connectivity index (χ0v) is 44.5. The number of hydrogen-bond donors (Lipinski definition) is 0. The van der Waals surface area contributed by atoms with Crippen molar-refractivity contribution >= 4 is 23.9 Å². The van der Waals surface area contributed by atoms with Crippen LogP contribution in [0.1, 0.15) is 128 Å². The second kappa shape index (κ2) is 22.5. The molecule has 0 saturated heterocycles. The highest BCUT2D eigenvalue weighted by atomic mass is 16.6. The van der Waals surface area contributed by atoms with Gasteiger partial charge in [-0.25, -0.2) is 19.2 Å². The highest BCUT2D eigenvalue weighted by Gasteiger charge is 2.30. The smallest absolute Gasteiger partial charge is 0.344 e. The molecule has 0 amide bonds. The third-order valence-corrected chi connectivity index (χ3v) is 10.4. The molecule has 380 valence electrons. The van der Waals surface area contributed by atoms with Crippen molar-refractivity contribution in [3.8, 4) is 45.3 Å². The quantitative estimate of drug-likeness (QED) is 0.0497. The Hall–Kier alpha value is -6.82. The summed E-state index contributed by atoms with van der Waals surface area (Å²) in [5, 5.41) is 0. The van der Waals surface area contributed by atoms with Crippen molar-refractivity contribution in [1.82, 2.24) is 0 Å². The summed E-state index contributed by atoms with van der Waals surface area (Å²) in [7, 11) is 0. The van der Waals surface area contributed by atoms with Crippen molar-refractivity contribution in [2.75, 3.05) is 26.4 Å². The third-order valence-electron chi connectivity index (χ3n) is 10.4. The van der Waals surface area contributed by atoms with Crippen LogP contribution in [0.2, 0.25) is 0 Å². The Labute approximate surface area is 420 Å². The van der Waals surface area contributed by atoms with Crippen molar-refractivity contribution in [3.63, 3.8) is 0 Å². The van der Waals surface area contributed by atoms with Crippen LogP contribution in [0, 0.1) is 27.7 Å². The zero-order chi connectivity index (χ0) is 52.6. The molecule has 12 nitrogen and oxygen atoms in total. The van der Waals surface area contributed by atoms with Gasteiger partial charge in [-0.15, -0.1) is 0 Å². The zero-order valence-electron chi connectivity index (χ0n) is 44.5. The minimum absolute atomic E-state index is 0.244. The molecule has 0 N–H and O–H groups in total. The predicted molar refractivity (Wildman–Crippen MR) is 275 cm³/mol. The van der Waals surface area contributed by atoms with E-state index in [1.54, 1.807) is 83.1 Å². The standard InChI is InChI=1S/C59H72O12/c1-36-26-41(22-24-47(36)64-32-49(60)68-56(5,6)7)43-28-38(3)54(66-34-51(62)70-58(11,12)13)45(30-43)53(40-20-18-17-19-21-40)46-31-44(29-39(4)55(46)67-35-52(63)71-59(14,15)16)42-23-25-48(37(2)27-42)65-33-50(61)69-57(8,9)10/h17-31,53H,32-35H2,1-16H3. The van der Waals surface area contributed by atoms with E-state index in [1.165, 1.54) is 0 Å². The number of rotatable bonds is 17. The molecule has 0 spiro atoms. The Morgan fingerprint density at radius 1 is 0.380 bits per heavy atom. The summed E-state index contributed by atoms with van der Waals surface area (Å²) < 4.78 is 47.3. The molecule has 5 aromatic rings. The van der Waals surface area contributed by atoms with Crippen LogP contribution in [-0.4, -0.2) is 72.7 Å². The van der Waals surface area contributed by atoms with Gasteiger partial charge in [0.05, 0.1) is 0 Å². The minimum Gasteiger partial charge on any atom is -0.482 e. The van der Waals surface area contributed by atoms with Crippen molar-refractivity contribution < 1.29 is 57.1 Å². The SMILES string of the molecule is Cc1cc(-c2cc(C)c(OCC(=O)OC(C)(C)C)c(C(c3ccccc3)c3cc(-c4ccc(OCC(=O)OC(C)(C)C)c(C)c4)cc(C)c3OCC(=O)OC(C)(C)C)c2)ccc1OCC(=O)OC(C)(C)C. The molecular weight excluding hydrogens is 901 g/mol. The lowest BCUT2D eigenvalue weighted by Gasteiger charge is -2.28. The summed E-state index contributed by atoms with van der Waals surface area (Å²) >= 11 is 0. The average molecular weight is 973 g/mol. The van der Waals surface area contributed by atoms with Gasteiger partial charge in [0, 0.05) is 17.0 Å². The second-order valence-electron chi connectivity index (χ2n) is 21.7. The first-order valence-electron chi connectivity index (χ1n) is 23.9. The largest absolute Gasteiger partial charge is 0.482 e. The van der Waals surface area contributed by atoms with Gasteiger partial charge in [0.1, 0.15) is 45.4 Å². The summed E-state index contributed by atoms with van der Waals surface area (Å²) in [4.78, 5) is 51.8. The van der Waals surface area contributed by atoms with Gasteiger partial charge in [-0.2, -0.15) is 0 Å². The van der Waals surface area contributed by atoms with Crippen LogP contribution in [0.25, 0.3) is 22.3 Å². The Kier molecular flexibility index (Phi) is 17.5. The molecule has 71 heavy (non-hydrogen) atoms. The van der Waals surface area contributed by atoms with Crippen LogP contribution in [0.4, 0.5) is 0 Å². The first kappa shape index (κ1) is 55.1. The first-order valence-corrected chi connectivity index (χ1v) is 23.9. The molecule has 0 heterocycles. The molecule has 0 radical (unpaired) electrons. The molecule has 0 bridgehead atoms. The lowest BCUT2D eigenvalue weighted by atomic mass is 9.80. The van der Waals surface area contributed by atoms with E-state index < -0.39 is 52.2 Å². The normalized spacial score (nSPS) is 12.0. The van der Waals surface area contributed by atoms with Crippen LogP contribution in [-0.2, 0) is 38.1 Å². The van der Waals surface area contributed by atoms with E-state index in [1.807, 2.05) is 119 Å². The van der Waals surface area contributed by atoms with E-state index in [2.05, 4.69) is 0 Å². The molecule has 5 rings (SSSR count). The van der Waals surface area contributed by atoms with E-state index >= 15 is 0 Å². The molecule has 0 aliphatic heterocycles. The van der Waals surface area contributed by atoms with Gasteiger partial charge in [0.25, 0.3) is 0 Å². The fourth-order valence-corrected chi connectivity index (χ4v) is 7.93. The maximum absolute atomic E-state index is 13.3. The van der Waals surface area contributed by atoms with Crippen molar-refractivity contribution in [2.24, 2.45) is 0 Å². The van der Waals surface area contributed by atoms with Crippen LogP contribution >= 0.6 is 0 Å². The van der Waals surface area contributed by atoms with Gasteiger partial charge in [-0.05, 0) is 209 Å². The molecule has 0 aliphatic carbocycles. The van der Waals surface area contributed by atoms with E-state index in [0.717, 1.165) is 50.1 Å². The Morgan fingerprint density at radius 3 is 1.00 bits per heavy atom. The predicted octanol–water partition coefficient (Wildman–Crippen LogP) is 12.3. The van der Waals surface area contributed by atoms with Gasteiger partial charge in [-0.3, -0.25) is 0 Å². The Balaban J connectivity index is 1.73. The molecule has 5 aromatic carbocycles. The lowest BCUT2D eigenvalue weighted by Crippen LogP contribution is -2.28. The van der Waals surface area contributed by atoms with Gasteiger partial charge in [0.15, 0.2) is 26.4 Å². The number of esters is 4. The van der Waals surface area contributed by atoms with Crippen LogP contribution in [0.15, 0.2) is 91.0 Å². The molecular formula is C59H72O12. The minimum atomic E-state index is -0.742. The second-order valence-corrected chi connectivity index (χ2v) is 21.7. The number of benzene rings is 5. The van der Waals surface area contributed by atoms with Crippen LogP contribution in [0.3, 0.4) is 0 Å². The molecule has 0 saturated carbocycles. The van der Waals surface area contributed by atoms with Crippen molar-refractivity contribution in [3.05, 3.63) is 130 Å². The fraction of sp³-hybridized carbons (Fsp3) is 0.424. The van der Waals surface area contributed by atoms with Gasteiger partial charge in [-0.1, -0.05) is 42.5 Å². The average Bonchev–Trinajstić information content (AvgIpc) is 3.22. The summed E-state index contributed by atoms with van der Waals surface area (Å²) in [5.41, 5.74) is 5.99. The molecule has 0 unspecified atom stereocenters. The summed E-state index contributed by atoms with van der Waals surface area (Å²) in [6.07, 6.45) is 0. The molecule has 0 aliphatic rings. The summed E-state index contributed by atoms with van der Waals surface area (Å²) in [6, 6.07) is 29.5. The van der Waals surface area contributed by atoms with Gasteiger partial charge in [0.2, 0.25) is 0 Å². The monoisotopic (exact) mass is 973 g/mol. The number of ether oxygens (including phenoxy) is 8. The maximum Gasteiger partial charge on any atom is 0.344 e. The van der Waals surface area contributed by atoms with Crippen molar-refractivity contribution in [2.45, 2.75) is 139 Å². The lowest BCUT2D eigenvalue weighted by molar-refractivity contribution is -0.158. The molecule has 0 atom stereocenters. The highest BCUT2D eigenvalue weighted by Crippen LogP contribution is 2.47. The number of carbonyl (C=O) groups excluding carboxylic acids is 4. The van der Waals surface area contributed by atoms with E-state index in [0.29, 0.717) is 34.1 Å². The molecule has 0 aromatic heterocycles. The maximum atomic E-state index is 13.3. The van der Waals surface area contributed by atoms with E-state index in [9.17, 15) is 19.2 Å². The number of aryl methyl sites for hydroxylation is 4. The molecule has 12 heteroatoms. The Morgan fingerprint density at radius 2 is 0.690 bits per heavy atom. The number of carbonyl (C=O) groups is 4. The van der Waals surface area contributed by atoms with E-state index in [-0.39, 0.29) is 26.4 Å². The summed E-state index contributed by atoms with van der Waals surface area (Å²) in [5.74, 6) is -0.632. The van der Waals surface area contributed by atoms with E-state index in [4.69, 9.17) is 37.9 Å². The van der Waals surface area contributed by atoms with Gasteiger partial charge >= 0.3 is 23.9 Å². The van der Waals surface area contributed by atoms with Crippen LogP contribution < -0.4 is 18.9 Å². The van der Waals surface area contributed by atoms with Crippen molar-refractivity contribution in [1.29, 1.82) is 0 Å². The van der Waals surface area contributed by atoms with Gasteiger partial charge < -0.3 is 37.9 Å². The number of hydrogen-bond acceptors (Lipinski definition) is 12. The molecule has 0 fully saturated rings. The fourth-order valence-electron chi connectivity index (χ4n) is 7.93. The Bertz CT molecular complexity index is 2540. The highest BCUT2D eigenvalue weighted by molar-refractivity contribution is 5.77. The topological polar surface area (TPSA) is 142 Å².